The van der Waals surface area contributed by atoms with Crippen LogP contribution in [0.1, 0.15) is 55.6 Å². The van der Waals surface area contributed by atoms with Crippen LogP contribution in [0.15, 0.2) is 95.1 Å². The number of hydrogen-bond donors (Lipinski definition) is 3. The number of amides is 2. The Hall–Kier alpha value is -6.78. The lowest BCUT2D eigenvalue weighted by atomic mass is 9.98. The Morgan fingerprint density at radius 2 is 1.39 bits per heavy atom. The molecule has 284 valence electrons. The Morgan fingerprint density at radius 1 is 0.852 bits per heavy atom. The van der Waals surface area contributed by atoms with Crippen molar-refractivity contribution in [1.29, 1.82) is 0 Å². The maximum atomic E-state index is 13.1. The van der Waals surface area contributed by atoms with Gasteiger partial charge in [0.25, 0.3) is 11.9 Å². The molecule has 2 aliphatic heterocycles. The highest BCUT2D eigenvalue weighted by molar-refractivity contribution is 6.40. The Kier molecular flexibility index (Phi) is 16.8. The number of hydrazone groups is 1. The number of allylic oxidation sites excluding steroid dienone is 1. The normalized spacial score (nSPS) is 12.9. The van der Waals surface area contributed by atoms with Crippen LogP contribution in [0.25, 0.3) is 6.08 Å². The molecular weight excluding hydrogens is 704 g/mol. The number of esters is 2. The lowest BCUT2D eigenvalue weighted by Crippen LogP contribution is -2.41. The number of hydrogen-bond acceptors (Lipinski definition) is 12. The first-order chi connectivity index (χ1) is 25.5. The lowest BCUT2D eigenvalue weighted by molar-refractivity contribution is -0.253. The second kappa shape index (κ2) is 20.9. The molecule has 0 atom stereocenters. The fourth-order valence-electron chi connectivity index (χ4n) is 4.67. The number of carbonyl (C=O) groups excluding carboxylic acids is 5. The lowest BCUT2D eigenvalue weighted by Gasteiger charge is -2.27. The molecule has 16 heteroatoms. The monoisotopic (exact) mass is 744 g/mol. The standard InChI is InChI=1S/C21H17N3O6.C11H13NO.C4H6O3.C2H4O2/c1-12-10-17(25)23(15-8-4-14(5-9-15)21(27)28)19-18(12)20(26)24(22-19)16-6-2-13(3-7-16)11-30-29;1-12(2)11-7-5-10(6-8-11)4-3-9-13;1-3(5)7-4(2)6;1-2(3)4/h2-9,29H,10-11H2,1H3,(H,27,28);3-9H,1-2H3;1-2H3;1H3,(H,3,4). The molecule has 0 radical (unpaired) electrons. The quantitative estimate of drug-likeness (QED) is 0.0696. The van der Waals surface area contributed by atoms with Gasteiger partial charge in [-0.05, 0) is 78.2 Å². The largest absolute Gasteiger partial charge is 0.481 e. The number of rotatable bonds is 8. The van der Waals surface area contributed by atoms with Gasteiger partial charge in [0, 0.05) is 47.0 Å². The van der Waals surface area contributed by atoms with E-state index in [1.165, 1.54) is 54.1 Å². The molecule has 54 heavy (non-hydrogen) atoms. The first kappa shape index (κ1) is 43.4. The summed E-state index contributed by atoms with van der Waals surface area (Å²) in [5, 5.41) is 30.7. The predicted molar refractivity (Wildman–Crippen MR) is 199 cm³/mol. The molecule has 0 saturated heterocycles. The summed E-state index contributed by atoms with van der Waals surface area (Å²) < 4.78 is 3.97. The summed E-state index contributed by atoms with van der Waals surface area (Å²) in [6, 6.07) is 20.5. The Bertz CT molecular complexity index is 1920. The summed E-state index contributed by atoms with van der Waals surface area (Å²) in [6.45, 7) is 5.18. The average molecular weight is 745 g/mol. The molecule has 3 N–H and O–H groups in total. The fraction of sp³-hybridized carbons (Fsp3) is 0.211. The molecule has 0 fully saturated rings. The van der Waals surface area contributed by atoms with E-state index in [1.54, 1.807) is 37.3 Å². The van der Waals surface area contributed by atoms with Crippen molar-refractivity contribution in [2.45, 2.75) is 40.7 Å². The van der Waals surface area contributed by atoms with Crippen molar-refractivity contribution in [3.63, 3.8) is 0 Å². The van der Waals surface area contributed by atoms with Gasteiger partial charge in [-0.1, -0.05) is 30.3 Å². The molecule has 0 unspecified atom stereocenters. The summed E-state index contributed by atoms with van der Waals surface area (Å²) >= 11 is 0. The van der Waals surface area contributed by atoms with Gasteiger partial charge in [-0.25, -0.2) is 9.68 Å². The summed E-state index contributed by atoms with van der Waals surface area (Å²) in [5.41, 5.74) is 4.89. The van der Waals surface area contributed by atoms with Crippen LogP contribution in [0.5, 0.6) is 0 Å². The van der Waals surface area contributed by atoms with Gasteiger partial charge in [-0.15, -0.1) is 5.10 Å². The van der Waals surface area contributed by atoms with Crippen LogP contribution in [-0.4, -0.2) is 77.4 Å². The minimum absolute atomic E-state index is 0.0155. The Labute approximate surface area is 310 Å². The molecule has 2 heterocycles. The number of carboxylic acid groups (broad SMARTS) is 2. The molecule has 3 aromatic rings. The van der Waals surface area contributed by atoms with Gasteiger partial charge in [0.05, 0.1) is 22.5 Å². The third-order valence-corrected chi connectivity index (χ3v) is 6.98. The number of benzene rings is 3. The zero-order chi connectivity index (χ0) is 40.5. The maximum Gasteiger partial charge on any atom is 0.335 e. The number of carboxylic acids is 2. The third-order valence-electron chi connectivity index (χ3n) is 6.98. The summed E-state index contributed by atoms with van der Waals surface area (Å²) in [5.74, 6) is -3.44. The number of amidine groups is 1. The van der Waals surface area contributed by atoms with Crippen molar-refractivity contribution >= 4 is 71.0 Å². The molecule has 5 rings (SSSR count). The number of nitrogens with zero attached hydrogens (tertiary/aromatic N) is 4. The smallest absolute Gasteiger partial charge is 0.335 e. The highest BCUT2D eigenvalue weighted by atomic mass is 17.1. The van der Waals surface area contributed by atoms with Gasteiger partial charge in [0.2, 0.25) is 5.91 Å². The van der Waals surface area contributed by atoms with Gasteiger partial charge in [-0.3, -0.25) is 38.9 Å². The fourth-order valence-corrected chi connectivity index (χ4v) is 4.67. The molecule has 0 spiro atoms. The molecule has 0 aromatic heterocycles. The summed E-state index contributed by atoms with van der Waals surface area (Å²) in [6.07, 6.45) is 4.11. The number of aliphatic carboxylic acids is 1. The van der Waals surface area contributed by atoms with E-state index in [4.69, 9.17) is 20.3 Å². The number of ether oxygens (including phenoxy) is 1. The molecule has 2 amide bonds. The van der Waals surface area contributed by atoms with E-state index in [2.05, 4.69) is 14.7 Å². The van der Waals surface area contributed by atoms with Crippen LogP contribution >= 0.6 is 0 Å². The van der Waals surface area contributed by atoms with Crippen molar-refractivity contribution in [2.75, 3.05) is 28.9 Å². The number of aromatic carboxylic acids is 1. The molecule has 0 saturated carbocycles. The van der Waals surface area contributed by atoms with Crippen LogP contribution in [0.2, 0.25) is 0 Å². The summed E-state index contributed by atoms with van der Waals surface area (Å²) in [7, 11) is 3.99. The highest BCUT2D eigenvalue weighted by Gasteiger charge is 2.42. The van der Waals surface area contributed by atoms with E-state index in [9.17, 15) is 28.8 Å². The number of anilines is 3. The summed E-state index contributed by atoms with van der Waals surface area (Å²) in [4.78, 5) is 83.1. The molecule has 0 bridgehead atoms. The number of aldehydes is 1. The van der Waals surface area contributed by atoms with Gasteiger partial charge in [0.15, 0.2) is 5.84 Å². The van der Waals surface area contributed by atoms with Gasteiger partial charge in [-0.2, -0.15) is 5.01 Å². The van der Waals surface area contributed by atoms with E-state index in [1.807, 2.05) is 43.3 Å². The number of fused-ring (bicyclic) bond motifs is 1. The Morgan fingerprint density at radius 3 is 1.83 bits per heavy atom. The second-order valence-electron chi connectivity index (χ2n) is 11.5. The second-order valence-corrected chi connectivity index (χ2v) is 11.5. The van der Waals surface area contributed by atoms with E-state index < -0.39 is 23.9 Å². The maximum absolute atomic E-state index is 13.1. The molecule has 0 aliphatic carbocycles. The van der Waals surface area contributed by atoms with Gasteiger partial charge >= 0.3 is 17.9 Å². The third kappa shape index (κ3) is 13.1. The zero-order valence-corrected chi connectivity index (χ0v) is 30.4. The van der Waals surface area contributed by atoms with E-state index in [0.717, 1.165) is 24.5 Å². The van der Waals surface area contributed by atoms with Gasteiger partial charge < -0.3 is 19.8 Å². The molecule has 3 aromatic carbocycles. The van der Waals surface area contributed by atoms with Crippen LogP contribution in [0, 0.1) is 0 Å². The van der Waals surface area contributed by atoms with Crippen molar-refractivity contribution < 1.29 is 58.7 Å². The van der Waals surface area contributed by atoms with Crippen molar-refractivity contribution in [3.05, 3.63) is 107 Å². The molecular formula is C38H40N4O12. The SMILES string of the molecule is CC(=O)O.CC(=O)OC(C)=O.CC1=C2C(=O)N(c3ccc(COO)cc3)N=C2N(c2ccc(C(=O)O)cc2)C(=O)C1.CN(C)c1ccc(C=CC=O)cc1. The Balaban J connectivity index is 0.000000345. The first-order valence-electron chi connectivity index (χ1n) is 15.9. The van der Waals surface area contributed by atoms with Crippen LogP contribution in [0.4, 0.5) is 17.1 Å². The predicted octanol–water partition coefficient (Wildman–Crippen LogP) is 4.94. The van der Waals surface area contributed by atoms with Crippen LogP contribution in [-0.2, 0) is 45.0 Å². The van der Waals surface area contributed by atoms with Crippen LogP contribution < -0.4 is 14.8 Å². The number of carbonyl (C=O) groups is 7. The molecule has 2 aliphatic rings. The van der Waals surface area contributed by atoms with Crippen molar-refractivity contribution in [2.24, 2.45) is 5.10 Å². The minimum atomic E-state index is -1.07. The van der Waals surface area contributed by atoms with E-state index in [0.29, 0.717) is 28.1 Å². The minimum Gasteiger partial charge on any atom is -0.481 e. The topological polar surface area (TPSA) is 221 Å². The van der Waals surface area contributed by atoms with Crippen LogP contribution in [0.3, 0.4) is 0 Å². The first-order valence-corrected chi connectivity index (χ1v) is 15.9. The zero-order valence-electron chi connectivity index (χ0n) is 30.4. The van der Waals surface area contributed by atoms with Crippen molar-refractivity contribution in [3.8, 4) is 0 Å². The van der Waals surface area contributed by atoms with Crippen molar-refractivity contribution in [1.82, 2.24) is 0 Å². The average Bonchev–Trinajstić information content (AvgIpc) is 3.44. The van der Waals surface area contributed by atoms with E-state index in [-0.39, 0.29) is 36.2 Å². The molecule has 16 nitrogen and oxygen atoms in total. The van der Waals surface area contributed by atoms with Gasteiger partial charge in [0.1, 0.15) is 12.9 Å². The van der Waals surface area contributed by atoms with E-state index >= 15 is 0 Å². The highest BCUT2D eigenvalue weighted by Crippen LogP contribution is 2.34.